The monoisotopic (exact) mass is 348 g/mol. The number of aryl methyl sites for hydroxylation is 3. The maximum absolute atomic E-state index is 11.5. The van der Waals surface area contributed by atoms with Crippen molar-refractivity contribution in [2.75, 3.05) is 6.61 Å². The maximum atomic E-state index is 11.5. The minimum Gasteiger partial charge on any atom is -0.466 e. The average molecular weight is 348 g/mol. The minimum atomic E-state index is -0.142. The number of esters is 1. The highest BCUT2D eigenvalue weighted by Crippen LogP contribution is 2.24. The SMILES string of the molecule is CCOC(=O)CCc1ccc(-c2ccc(-n3ccc(C)n3)c(C)c2)cc1. The standard InChI is InChI=1S/C22H24N2O2/c1-4-26-22(25)12-7-18-5-8-19(9-6-18)20-10-11-21(16(2)15-20)24-14-13-17(3)23-24/h5-6,8-11,13-15H,4,7,12H2,1-3H3. The normalized spacial score (nSPS) is 10.7. The van der Waals surface area contributed by atoms with Crippen molar-refractivity contribution < 1.29 is 9.53 Å². The number of ether oxygens (including phenoxy) is 1. The number of hydrogen-bond donors (Lipinski definition) is 0. The molecule has 0 aliphatic rings. The van der Waals surface area contributed by atoms with Crippen molar-refractivity contribution in [3.63, 3.8) is 0 Å². The molecule has 0 fully saturated rings. The first-order valence-electron chi connectivity index (χ1n) is 8.95. The second-order valence-electron chi connectivity index (χ2n) is 6.40. The molecule has 134 valence electrons. The van der Waals surface area contributed by atoms with Gasteiger partial charge in [-0.05, 0) is 67.6 Å². The van der Waals surface area contributed by atoms with Gasteiger partial charge in [-0.25, -0.2) is 4.68 Å². The molecule has 2 aromatic carbocycles. The van der Waals surface area contributed by atoms with Crippen LogP contribution in [0.2, 0.25) is 0 Å². The largest absolute Gasteiger partial charge is 0.466 e. The van der Waals surface area contributed by atoms with Crippen LogP contribution in [0, 0.1) is 13.8 Å². The first kappa shape index (κ1) is 17.9. The van der Waals surface area contributed by atoms with Gasteiger partial charge in [0.05, 0.1) is 18.0 Å². The van der Waals surface area contributed by atoms with E-state index in [1.807, 2.05) is 30.8 Å². The van der Waals surface area contributed by atoms with E-state index in [0.29, 0.717) is 19.4 Å². The van der Waals surface area contributed by atoms with Crippen LogP contribution in [0.1, 0.15) is 30.2 Å². The second kappa shape index (κ2) is 8.00. The fourth-order valence-electron chi connectivity index (χ4n) is 2.98. The van der Waals surface area contributed by atoms with Gasteiger partial charge in [0.2, 0.25) is 0 Å². The van der Waals surface area contributed by atoms with E-state index in [0.717, 1.165) is 22.5 Å². The number of aromatic nitrogens is 2. The van der Waals surface area contributed by atoms with Crippen molar-refractivity contribution in [1.29, 1.82) is 0 Å². The molecule has 1 aromatic heterocycles. The molecule has 3 aromatic rings. The van der Waals surface area contributed by atoms with Crippen molar-refractivity contribution in [3.05, 3.63) is 71.5 Å². The average Bonchev–Trinajstić information content (AvgIpc) is 3.06. The summed E-state index contributed by atoms with van der Waals surface area (Å²) < 4.78 is 6.88. The predicted octanol–water partition coefficient (Wildman–Crippen LogP) is 4.65. The highest BCUT2D eigenvalue weighted by atomic mass is 16.5. The zero-order valence-electron chi connectivity index (χ0n) is 15.5. The van der Waals surface area contributed by atoms with E-state index in [-0.39, 0.29) is 5.97 Å². The number of carbonyl (C=O) groups is 1. The molecule has 0 unspecified atom stereocenters. The Hall–Kier alpha value is -2.88. The molecule has 1 heterocycles. The summed E-state index contributed by atoms with van der Waals surface area (Å²) in [4.78, 5) is 11.5. The van der Waals surface area contributed by atoms with Crippen LogP contribution in [0.5, 0.6) is 0 Å². The first-order valence-corrected chi connectivity index (χ1v) is 8.95. The smallest absolute Gasteiger partial charge is 0.306 e. The Balaban J connectivity index is 1.73. The lowest BCUT2D eigenvalue weighted by Gasteiger charge is -2.10. The summed E-state index contributed by atoms with van der Waals surface area (Å²) in [6, 6.07) is 16.8. The van der Waals surface area contributed by atoms with Crippen LogP contribution in [0.4, 0.5) is 0 Å². The van der Waals surface area contributed by atoms with Crippen LogP contribution in [0.15, 0.2) is 54.7 Å². The van der Waals surface area contributed by atoms with E-state index in [1.165, 1.54) is 11.1 Å². The number of rotatable bonds is 6. The van der Waals surface area contributed by atoms with Crippen LogP contribution in [0.3, 0.4) is 0 Å². The molecule has 4 heteroatoms. The molecule has 26 heavy (non-hydrogen) atoms. The molecule has 0 saturated carbocycles. The quantitative estimate of drug-likeness (QED) is 0.609. The molecule has 0 aliphatic carbocycles. The molecule has 0 amide bonds. The summed E-state index contributed by atoms with van der Waals surface area (Å²) in [7, 11) is 0. The number of hydrogen-bond acceptors (Lipinski definition) is 3. The van der Waals surface area contributed by atoms with Gasteiger partial charge in [0.1, 0.15) is 0 Å². The molecule has 0 saturated heterocycles. The Kier molecular flexibility index (Phi) is 5.52. The van der Waals surface area contributed by atoms with Crippen LogP contribution >= 0.6 is 0 Å². The van der Waals surface area contributed by atoms with Gasteiger partial charge in [-0.1, -0.05) is 30.3 Å². The molecule has 0 bridgehead atoms. The van der Waals surface area contributed by atoms with Crippen LogP contribution in [0.25, 0.3) is 16.8 Å². The van der Waals surface area contributed by atoms with Gasteiger partial charge in [-0.2, -0.15) is 5.10 Å². The highest BCUT2D eigenvalue weighted by Gasteiger charge is 2.06. The Labute approximate surface area is 154 Å². The molecule has 0 atom stereocenters. The topological polar surface area (TPSA) is 44.1 Å². The number of benzene rings is 2. The van der Waals surface area contributed by atoms with Gasteiger partial charge >= 0.3 is 5.97 Å². The van der Waals surface area contributed by atoms with E-state index >= 15 is 0 Å². The lowest BCUT2D eigenvalue weighted by atomic mass is 10.00. The van der Waals surface area contributed by atoms with Crippen LogP contribution < -0.4 is 0 Å². The van der Waals surface area contributed by atoms with E-state index in [2.05, 4.69) is 54.5 Å². The molecule has 0 spiro atoms. The molecular formula is C22H24N2O2. The number of nitrogens with zero attached hydrogens (tertiary/aromatic N) is 2. The molecular weight excluding hydrogens is 324 g/mol. The third kappa shape index (κ3) is 4.20. The van der Waals surface area contributed by atoms with Crippen molar-refractivity contribution in [1.82, 2.24) is 9.78 Å². The summed E-state index contributed by atoms with van der Waals surface area (Å²) in [5.41, 5.74) is 6.75. The van der Waals surface area contributed by atoms with Crippen molar-refractivity contribution in [3.8, 4) is 16.8 Å². The lowest BCUT2D eigenvalue weighted by Crippen LogP contribution is -2.05. The lowest BCUT2D eigenvalue weighted by molar-refractivity contribution is -0.143. The van der Waals surface area contributed by atoms with Gasteiger partial charge in [0.25, 0.3) is 0 Å². The first-order chi connectivity index (χ1) is 12.6. The zero-order chi connectivity index (χ0) is 18.5. The van der Waals surface area contributed by atoms with Gasteiger partial charge < -0.3 is 4.74 Å². The summed E-state index contributed by atoms with van der Waals surface area (Å²) in [6.07, 6.45) is 3.11. The molecule has 0 N–H and O–H groups in total. The van der Waals surface area contributed by atoms with Gasteiger partial charge in [-0.15, -0.1) is 0 Å². The van der Waals surface area contributed by atoms with Crippen molar-refractivity contribution >= 4 is 5.97 Å². The van der Waals surface area contributed by atoms with Crippen LogP contribution in [-0.4, -0.2) is 22.4 Å². The molecule has 0 radical (unpaired) electrons. The number of carbonyl (C=O) groups excluding carboxylic acids is 1. The van der Waals surface area contributed by atoms with Gasteiger partial charge in [-0.3, -0.25) is 4.79 Å². The van der Waals surface area contributed by atoms with E-state index < -0.39 is 0 Å². The summed E-state index contributed by atoms with van der Waals surface area (Å²) in [6.45, 7) is 6.35. The molecule has 0 aliphatic heterocycles. The maximum Gasteiger partial charge on any atom is 0.306 e. The van der Waals surface area contributed by atoms with E-state index in [1.54, 1.807) is 0 Å². The summed E-state index contributed by atoms with van der Waals surface area (Å²) in [5, 5.41) is 4.48. The summed E-state index contributed by atoms with van der Waals surface area (Å²) in [5.74, 6) is -0.142. The second-order valence-corrected chi connectivity index (χ2v) is 6.40. The Morgan fingerprint density at radius 3 is 2.38 bits per heavy atom. The van der Waals surface area contributed by atoms with Gasteiger partial charge in [0.15, 0.2) is 0 Å². The highest BCUT2D eigenvalue weighted by molar-refractivity contribution is 5.70. The van der Waals surface area contributed by atoms with Crippen molar-refractivity contribution in [2.45, 2.75) is 33.6 Å². The van der Waals surface area contributed by atoms with E-state index in [4.69, 9.17) is 4.74 Å². The third-order valence-electron chi connectivity index (χ3n) is 4.38. The molecule has 4 nitrogen and oxygen atoms in total. The third-order valence-corrected chi connectivity index (χ3v) is 4.38. The Morgan fingerprint density at radius 1 is 1.04 bits per heavy atom. The Bertz CT molecular complexity index is 895. The van der Waals surface area contributed by atoms with E-state index in [9.17, 15) is 4.79 Å². The fourth-order valence-corrected chi connectivity index (χ4v) is 2.98. The van der Waals surface area contributed by atoms with Crippen LogP contribution in [-0.2, 0) is 16.0 Å². The Morgan fingerprint density at radius 2 is 1.77 bits per heavy atom. The minimum absolute atomic E-state index is 0.142. The molecule has 3 rings (SSSR count). The van der Waals surface area contributed by atoms with Crippen molar-refractivity contribution in [2.24, 2.45) is 0 Å². The van der Waals surface area contributed by atoms with Gasteiger partial charge in [0, 0.05) is 12.6 Å². The summed E-state index contributed by atoms with van der Waals surface area (Å²) >= 11 is 0. The predicted molar refractivity (Wildman–Crippen MR) is 103 cm³/mol. The zero-order valence-corrected chi connectivity index (χ0v) is 15.5. The fraction of sp³-hybridized carbons (Fsp3) is 0.273.